The Hall–Kier alpha value is 0.0600. The summed E-state index contributed by atoms with van der Waals surface area (Å²) in [6, 6.07) is -2.87. The van der Waals surface area contributed by atoms with E-state index in [1.54, 1.807) is 27.7 Å². The third-order valence-corrected chi connectivity index (χ3v) is 8.25. The lowest BCUT2D eigenvalue weighted by molar-refractivity contribution is -0.302. The molecule has 0 aromatic carbocycles. The number of hydrogen-bond donors (Lipinski definition) is 2. The fourth-order valence-corrected chi connectivity index (χ4v) is 6.23. The minimum atomic E-state index is -3.83. The van der Waals surface area contributed by atoms with Crippen LogP contribution >= 0.6 is 15.2 Å². The van der Waals surface area contributed by atoms with Crippen molar-refractivity contribution in [2.75, 3.05) is 39.6 Å². The van der Waals surface area contributed by atoms with Crippen molar-refractivity contribution in [3.05, 3.63) is 0 Å². The van der Waals surface area contributed by atoms with Crippen LogP contribution in [0.2, 0.25) is 0 Å². The van der Waals surface area contributed by atoms with E-state index in [4.69, 9.17) is 37.0 Å². The average Bonchev–Trinajstić information content (AvgIpc) is 2.69. The van der Waals surface area contributed by atoms with E-state index in [-0.39, 0.29) is 39.6 Å². The molecular formula is C16H32O12P2. The van der Waals surface area contributed by atoms with Gasteiger partial charge in [0, 0.05) is 0 Å². The van der Waals surface area contributed by atoms with Gasteiger partial charge in [-0.3, -0.25) is 9.13 Å². The fraction of sp³-hybridized carbons (Fsp3) is 1.00. The molecule has 12 nitrogen and oxygen atoms in total. The van der Waals surface area contributed by atoms with Crippen LogP contribution in [0.4, 0.5) is 0 Å². The minimum absolute atomic E-state index is 0.0814. The molecule has 0 aromatic heterocycles. The molecule has 0 bridgehead atoms. The van der Waals surface area contributed by atoms with Gasteiger partial charge in [0.25, 0.3) is 12.1 Å². The molecule has 2 heterocycles. The van der Waals surface area contributed by atoms with Gasteiger partial charge in [-0.2, -0.15) is 0 Å². The van der Waals surface area contributed by atoms with Crippen LogP contribution in [0.5, 0.6) is 0 Å². The molecule has 2 fully saturated rings. The van der Waals surface area contributed by atoms with Crippen LogP contribution in [0.15, 0.2) is 0 Å². The first kappa shape index (κ1) is 26.3. The number of rotatable bonds is 11. The summed E-state index contributed by atoms with van der Waals surface area (Å²) in [5.41, 5.74) is 0. The van der Waals surface area contributed by atoms with Crippen LogP contribution < -0.4 is 0 Å². The maximum absolute atomic E-state index is 13.0. The van der Waals surface area contributed by atoms with Crippen LogP contribution in [0.3, 0.4) is 0 Å². The summed E-state index contributed by atoms with van der Waals surface area (Å²) >= 11 is 0. The maximum Gasteiger partial charge on any atom is 0.386 e. The Morgan fingerprint density at radius 3 is 1.27 bits per heavy atom. The third kappa shape index (κ3) is 6.10. The quantitative estimate of drug-likeness (QED) is 0.416. The predicted molar refractivity (Wildman–Crippen MR) is 103 cm³/mol. The Morgan fingerprint density at radius 1 is 0.700 bits per heavy atom. The van der Waals surface area contributed by atoms with Crippen molar-refractivity contribution in [2.24, 2.45) is 0 Å². The van der Waals surface area contributed by atoms with E-state index in [0.717, 1.165) is 0 Å². The first-order valence-electron chi connectivity index (χ1n) is 9.92. The van der Waals surface area contributed by atoms with Crippen molar-refractivity contribution in [1.29, 1.82) is 0 Å². The van der Waals surface area contributed by atoms with Gasteiger partial charge in [0.2, 0.25) is 0 Å². The summed E-state index contributed by atoms with van der Waals surface area (Å²) in [7, 11) is -7.65. The molecule has 2 aliphatic rings. The Balaban J connectivity index is 2.21. The van der Waals surface area contributed by atoms with E-state index < -0.39 is 51.7 Å². The van der Waals surface area contributed by atoms with Crippen LogP contribution in [0.25, 0.3) is 0 Å². The second kappa shape index (κ2) is 11.8. The molecule has 2 N–H and O–H groups in total. The zero-order chi connectivity index (χ0) is 22.4. The van der Waals surface area contributed by atoms with Crippen LogP contribution in [-0.2, 0) is 46.2 Å². The summed E-state index contributed by atoms with van der Waals surface area (Å²) in [5, 5.41) is 20.8. The van der Waals surface area contributed by atoms with Gasteiger partial charge < -0.3 is 47.3 Å². The highest BCUT2D eigenvalue weighted by Crippen LogP contribution is 2.57. The molecular weight excluding hydrogens is 446 g/mol. The topological polar surface area (TPSA) is 148 Å². The van der Waals surface area contributed by atoms with Gasteiger partial charge in [-0.25, -0.2) is 0 Å². The third-order valence-electron chi connectivity index (χ3n) is 4.20. The standard InChI is InChI=1S/C16H32O12P2/c1-5-23-29(19,24-6-2)15-21-9-11(17)13(27-15)14-12(18)10-22-16(28-14)30(20,25-7-3)26-8-4/h11-18H,5-10H2,1-4H3/t11-,12+,13+,14-,15+,16-. The van der Waals surface area contributed by atoms with E-state index in [1.165, 1.54) is 0 Å². The van der Waals surface area contributed by atoms with Crippen LogP contribution in [0.1, 0.15) is 27.7 Å². The van der Waals surface area contributed by atoms with E-state index in [1.807, 2.05) is 0 Å². The molecule has 0 unspecified atom stereocenters. The zero-order valence-corrected chi connectivity index (χ0v) is 19.4. The lowest BCUT2D eigenvalue weighted by Gasteiger charge is -2.44. The molecule has 14 heteroatoms. The molecule has 30 heavy (non-hydrogen) atoms. The van der Waals surface area contributed by atoms with E-state index in [9.17, 15) is 19.3 Å². The summed E-state index contributed by atoms with van der Waals surface area (Å²) in [4.78, 5) is 0. The van der Waals surface area contributed by atoms with Crippen LogP contribution in [0, 0.1) is 0 Å². The lowest BCUT2D eigenvalue weighted by Crippen LogP contribution is -2.58. The highest BCUT2D eigenvalue weighted by molar-refractivity contribution is 7.54. The molecule has 0 aromatic rings. The largest absolute Gasteiger partial charge is 0.388 e. The van der Waals surface area contributed by atoms with Crippen molar-refractivity contribution < 1.29 is 56.4 Å². The molecule has 0 amide bonds. The second-order valence-corrected chi connectivity index (χ2v) is 10.4. The van der Waals surface area contributed by atoms with Crippen molar-refractivity contribution >= 4 is 15.2 Å². The maximum atomic E-state index is 13.0. The van der Waals surface area contributed by atoms with Gasteiger partial charge in [0.1, 0.15) is 24.4 Å². The van der Waals surface area contributed by atoms with Crippen molar-refractivity contribution in [3.63, 3.8) is 0 Å². The Kier molecular flexibility index (Phi) is 10.3. The highest BCUT2D eigenvalue weighted by atomic mass is 31.2. The number of aliphatic hydroxyl groups excluding tert-OH is 2. The Bertz CT molecular complexity index is 547. The van der Waals surface area contributed by atoms with Gasteiger partial charge >= 0.3 is 15.2 Å². The van der Waals surface area contributed by atoms with E-state index >= 15 is 0 Å². The van der Waals surface area contributed by atoms with E-state index in [2.05, 4.69) is 0 Å². The average molecular weight is 478 g/mol. The molecule has 6 atom stereocenters. The van der Waals surface area contributed by atoms with Gasteiger partial charge in [0.05, 0.1) is 39.6 Å². The van der Waals surface area contributed by atoms with E-state index in [0.29, 0.717) is 0 Å². The molecule has 2 aliphatic heterocycles. The smallest absolute Gasteiger partial charge is 0.386 e. The molecule has 2 rings (SSSR count). The molecule has 0 saturated carbocycles. The Morgan fingerprint density at radius 2 is 1.00 bits per heavy atom. The van der Waals surface area contributed by atoms with Gasteiger partial charge in [0.15, 0.2) is 0 Å². The fourth-order valence-electron chi connectivity index (χ4n) is 3.04. The van der Waals surface area contributed by atoms with Gasteiger partial charge in [-0.1, -0.05) is 0 Å². The SMILES string of the molecule is CCOP(=O)(OCC)[C@@H]1OC[C@H](O)[C@H]([C@H]2O[C@@H](P(=O)(OCC)OCC)OC[C@H]2O)O1. The first-order chi connectivity index (χ1) is 14.2. The molecule has 2 saturated heterocycles. The van der Waals surface area contributed by atoms with Gasteiger partial charge in [-0.15, -0.1) is 0 Å². The van der Waals surface area contributed by atoms with Crippen LogP contribution in [-0.4, -0.2) is 86.3 Å². The van der Waals surface area contributed by atoms with Crippen molar-refractivity contribution in [3.8, 4) is 0 Å². The molecule has 0 radical (unpaired) electrons. The number of ether oxygens (including phenoxy) is 4. The summed E-state index contributed by atoms with van der Waals surface area (Å²) in [6.45, 7) is 6.32. The molecule has 0 aliphatic carbocycles. The Labute approximate surface area is 176 Å². The molecule has 178 valence electrons. The number of hydrogen-bond acceptors (Lipinski definition) is 12. The summed E-state index contributed by atoms with van der Waals surface area (Å²) in [5.74, 6) is 0. The highest BCUT2D eigenvalue weighted by Gasteiger charge is 2.52. The number of aliphatic hydroxyl groups is 2. The van der Waals surface area contributed by atoms with Gasteiger partial charge in [-0.05, 0) is 27.7 Å². The monoisotopic (exact) mass is 478 g/mol. The molecule has 0 spiro atoms. The van der Waals surface area contributed by atoms with Crippen molar-refractivity contribution in [2.45, 2.75) is 64.2 Å². The first-order valence-corrected chi connectivity index (χ1v) is 13.1. The minimum Gasteiger partial charge on any atom is -0.388 e. The summed E-state index contributed by atoms with van der Waals surface area (Å²) in [6.07, 6.45) is -4.88. The van der Waals surface area contributed by atoms with Crippen molar-refractivity contribution in [1.82, 2.24) is 0 Å². The second-order valence-electron chi connectivity index (χ2n) is 6.37. The normalized spacial score (nSPS) is 33.5. The predicted octanol–water partition coefficient (Wildman–Crippen LogP) is 1.64. The lowest BCUT2D eigenvalue weighted by atomic mass is 10.0. The summed E-state index contributed by atoms with van der Waals surface area (Å²) < 4.78 is 68.9. The zero-order valence-electron chi connectivity index (χ0n) is 17.6.